The zero-order valence-electron chi connectivity index (χ0n) is 7.54. The van der Waals surface area contributed by atoms with Crippen LogP contribution >= 0.6 is 31.9 Å². The standard InChI is InChI=1S/C11H6Br2O2/c12-8-4-7(6-14)11(9(13)5-8)10-2-1-3-15-10/h1-6H. The van der Waals surface area contributed by atoms with Gasteiger partial charge in [0.15, 0.2) is 6.29 Å². The Labute approximate surface area is 104 Å². The predicted molar refractivity (Wildman–Crippen MR) is 64.9 cm³/mol. The molecule has 76 valence electrons. The van der Waals surface area contributed by atoms with Crippen LogP contribution in [0.15, 0.2) is 43.9 Å². The Hall–Kier alpha value is -0.870. The molecule has 0 bridgehead atoms. The van der Waals surface area contributed by atoms with E-state index in [1.165, 1.54) is 0 Å². The molecule has 0 spiro atoms. The summed E-state index contributed by atoms with van der Waals surface area (Å²) in [5.41, 5.74) is 1.37. The first kappa shape index (κ1) is 10.6. The molecule has 0 unspecified atom stereocenters. The van der Waals surface area contributed by atoms with Crippen molar-refractivity contribution in [3.05, 3.63) is 45.0 Å². The van der Waals surface area contributed by atoms with Crippen molar-refractivity contribution in [3.8, 4) is 11.3 Å². The second kappa shape index (κ2) is 4.33. The van der Waals surface area contributed by atoms with Crippen LogP contribution in [-0.4, -0.2) is 6.29 Å². The van der Waals surface area contributed by atoms with E-state index in [1.54, 1.807) is 18.4 Å². The van der Waals surface area contributed by atoms with Crippen LogP contribution in [0.1, 0.15) is 10.4 Å². The molecule has 1 aromatic heterocycles. The number of rotatable bonds is 2. The molecule has 0 saturated heterocycles. The van der Waals surface area contributed by atoms with Gasteiger partial charge in [0.05, 0.1) is 6.26 Å². The lowest BCUT2D eigenvalue weighted by Gasteiger charge is -2.05. The van der Waals surface area contributed by atoms with Gasteiger partial charge >= 0.3 is 0 Å². The van der Waals surface area contributed by atoms with Gasteiger partial charge in [0, 0.05) is 20.1 Å². The highest BCUT2D eigenvalue weighted by molar-refractivity contribution is 9.11. The van der Waals surface area contributed by atoms with Gasteiger partial charge in [-0.3, -0.25) is 4.79 Å². The average molecular weight is 330 g/mol. The Balaban J connectivity index is 2.69. The van der Waals surface area contributed by atoms with Crippen LogP contribution in [-0.2, 0) is 0 Å². The Bertz CT molecular complexity index is 490. The summed E-state index contributed by atoms with van der Waals surface area (Å²) in [5, 5.41) is 0. The first-order valence-electron chi connectivity index (χ1n) is 4.20. The van der Waals surface area contributed by atoms with Crippen LogP contribution in [0.5, 0.6) is 0 Å². The summed E-state index contributed by atoms with van der Waals surface area (Å²) in [5.74, 6) is 0.677. The third-order valence-electron chi connectivity index (χ3n) is 1.98. The number of hydrogen-bond acceptors (Lipinski definition) is 2. The van der Waals surface area contributed by atoms with E-state index in [-0.39, 0.29) is 0 Å². The first-order valence-corrected chi connectivity index (χ1v) is 5.79. The smallest absolute Gasteiger partial charge is 0.150 e. The molecule has 1 heterocycles. The van der Waals surface area contributed by atoms with Crippen molar-refractivity contribution < 1.29 is 9.21 Å². The zero-order chi connectivity index (χ0) is 10.8. The van der Waals surface area contributed by atoms with E-state index in [9.17, 15) is 4.79 Å². The summed E-state index contributed by atoms with van der Waals surface area (Å²) in [6.07, 6.45) is 2.39. The van der Waals surface area contributed by atoms with E-state index in [0.717, 1.165) is 20.8 Å². The van der Waals surface area contributed by atoms with Crippen LogP contribution in [0.25, 0.3) is 11.3 Å². The normalized spacial score (nSPS) is 10.3. The molecule has 0 saturated carbocycles. The topological polar surface area (TPSA) is 30.2 Å². The molecule has 0 aliphatic rings. The van der Waals surface area contributed by atoms with E-state index in [2.05, 4.69) is 31.9 Å². The van der Waals surface area contributed by atoms with Crippen LogP contribution < -0.4 is 0 Å². The second-order valence-electron chi connectivity index (χ2n) is 2.95. The van der Waals surface area contributed by atoms with Crippen LogP contribution in [0, 0.1) is 0 Å². The molecule has 1 aromatic carbocycles. The maximum atomic E-state index is 10.9. The Morgan fingerprint density at radius 1 is 1.27 bits per heavy atom. The van der Waals surface area contributed by atoms with Crippen molar-refractivity contribution in [3.63, 3.8) is 0 Å². The highest BCUT2D eigenvalue weighted by Crippen LogP contribution is 2.33. The van der Waals surface area contributed by atoms with Gasteiger partial charge in [-0.2, -0.15) is 0 Å². The highest BCUT2D eigenvalue weighted by atomic mass is 79.9. The van der Waals surface area contributed by atoms with Gasteiger partial charge < -0.3 is 4.42 Å². The molecule has 0 aliphatic heterocycles. The monoisotopic (exact) mass is 328 g/mol. The predicted octanol–water partition coefficient (Wildman–Crippen LogP) is 4.28. The van der Waals surface area contributed by atoms with Gasteiger partial charge in [0.1, 0.15) is 5.76 Å². The first-order chi connectivity index (χ1) is 7.22. The van der Waals surface area contributed by atoms with Crippen LogP contribution in [0.4, 0.5) is 0 Å². The molecule has 0 fully saturated rings. The second-order valence-corrected chi connectivity index (χ2v) is 4.72. The Morgan fingerprint density at radius 3 is 2.67 bits per heavy atom. The lowest BCUT2D eigenvalue weighted by molar-refractivity contribution is 0.112. The number of halogens is 2. The molecule has 0 amide bonds. The SMILES string of the molecule is O=Cc1cc(Br)cc(Br)c1-c1ccco1. The molecular formula is C11H6Br2O2. The summed E-state index contributed by atoms with van der Waals surface area (Å²) >= 11 is 6.74. The maximum absolute atomic E-state index is 10.9. The summed E-state index contributed by atoms with van der Waals surface area (Å²) < 4.78 is 6.96. The molecule has 0 aliphatic carbocycles. The highest BCUT2D eigenvalue weighted by Gasteiger charge is 2.12. The number of carbonyl (C=O) groups is 1. The minimum absolute atomic E-state index is 0.589. The van der Waals surface area contributed by atoms with E-state index in [4.69, 9.17) is 4.42 Å². The molecule has 4 heteroatoms. The van der Waals surface area contributed by atoms with E-state index in [0.29, 0.717) is 11.3 Å². The Morgan fingerprint density at radius 2 is 2.07 bits per heavy atom. The minimum Gasteiger partial charge on any atom is -0.464 e. The van der Waals surface area contributed by atoms with E-state index in [1.807, 2.05) is 12.1 Å². The number of benzene rings is 1. The fourth-order valence-electron chi connectivity index (χ4n) is 1.37. The molecule has 2 nitrogen and oxygen atoms in total. The minimum atomic E-state index is 0.589. The quantitative estimate of drug-likeness (QED) is 0.769. The third-order valence-corrected chi connectivity index (χ3v) is 3.06. The molecular weight excluding hydrogens is 324 g/mol. The van der Waals surface area contributed by atoms with Crippen LogP contribution in [0.2, 0.25) is 0 Å². The summed E-state index contributed by atoms with van der Waals surface area (Å²) in [7, 11) is 0. The van der Waals surface area contributed by atoms with Gasteiger partial charge in [-0.05, 0) is 40.2 Å². The van der Waals surface area contributed by atoms with Gasteiger partial charge in [-0.15, -0.1) is 0 Å². The van der Waals surface area contributed by atoms with E-state index >= 15 is 0 Å². The van der Waals surface area contributed by atoms with Crippen molar-refractivity contribution >= 4 is 38.1 Å². The molecule has 0 atom stereocenters. The molecule has 0 radical (unpaired) electrons. The molecule has 15 heavy (non-hydrogen) atoms. The maximum Gasteiger partial charge on any atom is 0.150 e. The lowest BCUT2D eigenvalue weighted by atomic mass is 10.1. The largest absolute Gasteiger partial charge is 0.464 e. The molecule has 2 aromatic rings. The fraction of sp³-hybridized carbons (Fsp3) is 0. The van der Waals surface area contributed by atoms with Crippen molar-refractivity contribution in [2.75, 3.05) is 0 Å². The fourth-order valence-corrected chi connectivity index (χ4v) is 2.82. The number of carbonyl (C=O) groups excluding carboxylic acids is 1. The summed E-state index contributed by atoms with van der Waals surface area (Å²) in [6.45, 7) is 0. The van der Waals surface area contributed by atoms with Crippen molar-refractivity contribution in [1.82, 2.24) is 0 Å². The van der Waals surface area contributed by atoms with E-state index < -0.39 is 0 Å². The van der Waals surface area contributed by atoms with Crippen molar-refractivity contribution in [2.24, 2.45) is 0 Å². The summed E-state index contributed by atoms with van der Waals surface area (Å²) in [6, 6.07) is 7.25. The average Bonchev–Trinajstić information content (AvgIpc) is 2.69. The molecule has 0 N–H and O–H groups in total. The van der Waals surface area contributed by atoms with Crippen molar-refractivity contribution in [2.45, 2.75) is 0 Å². The Kier molecular flexibility index (Phi) is 3.07. The number of furan rings is 1. The van der Waals surface area contributed by atoms with Gasteiger partial charge in [0.2, 0.25) is 0 Å². The van der Waals surface area contributed by atoms with Crippen molar-refractivity contribution in [1.29, 1.82) is 0 Å². The van der Waals surface area contributed by atoms with Gasteiger partial charge in [-0.25, -0.2) is 0 Å². The summed E-state index contributed by atoms with van der Waals surface area (Å²) in [4.78, 5) is 10.9. The van der Waals surface area contributed by atoms with Crippen LogP contribution in [0.3, 0.4) is 0 Å². The zero-order valence-corrected chi connectivity index (χ0v) is 10.7. The van der Waals surface area contributed by atoms with Gasteiger partial charge in [-0.1, -0.05) is 15.9 Å². The lowest BCUT2D eigenvalue weighted by Crippen LogP contribution is -1.88. The number of hydrogen-bond donors (Lipinski definition) is 0. The number of aldehydes is 1. The van der Waals surface area contributed by atoms with Gasteiger partial charge in [0.25, 0.3) is 0 Å². The third kappa shape index (κ3) is 2.06. The molecule has 2 rings (SSSR count).